The highest BCUT2D eigenvalue weighted by Gasteiger charge is 2.03. The molecule has 0 bridgehead atoms. The lowest BCUT2D eigenvalue weighted by atomic mass is 10.3. The molecule has 1 atom stereocenters. The fourth-order valence-corrected chi connectivity index (χ4v) is 1.13. The van der Waals surface area contributed by atoms with Crippen LogP contribution in [0.5, 0.6) is 0 Å². The Kier molecular flexibility index (Phi) is 37.6. The molecule has 0 aliphatic heterocycles. The first-order valence-electron chi connectivity index (χ1n) is 6.79. The fraction of sp³-hybridized carbons (Fsp3) is 1.00. The summed E-state index contributed by atoms with van der Waals surface area (Å²) in [6.07, 6.45) is 5.57. The summed E-state index contributed by atoms with van der Waals surface area (Å²) in [5, 5.41) is 0. The predicted molar refractivity (Wildman–Crippen MR) is 81.2 cm³/mol. The van der Waals surface area contributed by atoms with Crippen molar-refractivity contribution in [3.05, 3.63) is 0 Å². The number of hydrogen-bond donors (Lipinski definition) is 1. The third-order valence-electron chi connectivity index (χ3n) is 2.06. The lowest BCUT2D eigenvalue weighted by Gasteiger charge is -2.17. The molecule has 3 N–H and O–H groups in total. The van der Waals surface area contributed by atoms with Gasteiger partial charge in [-0.3, -0.25) is 0 Å². The van der Waals surface area contributed by atoms with E-state index in [1.807, 2.05) is 13.8 Å². The Morgan fingerprint density at radius 2 is 1.41 bits per heavy atom. The third kappa shape index (κ3) is 31.3. The second-order valence-electron chi connectivity index (χ2n) is 3.88. The number of nitrogens with zero attached hydrogens (tertiary/aromatic N) is 1. The Balaban J connectivity index is -0.0000000910. The SMILES string of the molecule is CC.CCC(CN(C)C)OC.CCCCC.N. The number of hydrogen-bond acceptors (Lipinski definition) is 3. The summed E-state index contributed by atoms with van der Waals surface area (Å²) in [5.41, 5.74) is 0. The topological polar surface area (TPSA) is 47.5 Å². The summed E-state index contributed by atoms with van der Waals surface area (Å²) in [6, 6.07) is 0. The van der Waals surface area contributed by atoms with Crippen molar-refractivity contribution >= 4 is 0 Å². The molecule has 3 heteroatoms. The number of unbranched alkanes of at least 4 members (excludes halogenated alkanes) is 2. The van der Waals surface area contributed by atoms with Gasteiger partial charge < -0.3 is 15.8 Å². The van der Waals surface area contributed by atoms with Gasteiger partial charge in [0, 0.05) is 13.7 Å². The monoisotopic (exact) mass is 250 g/mol. The zero-order valence-corrected chi connectivity index (χ0v) is 13.7. The van der Waals surface area contributed by atoms with Crippen LogP contribution >= 0.6 is 0 Å². The highest BCUT2D eigenvalue weighted by Crippen LogP contribution is 1.95. The molecular formula is C14H38N2O. The number of methoxy groups -OCH3 is 1. The van der Waals surface area contributed by atoms with Gasteiger partial charge >= 0.3 is 0 Å². The van der Waals surface area contributed by atoms with E-state index in [1.54, 1.807) is 7.11 Å². The lowest BCUT2D eigenvalue weighted by Crippen LogP contribution is -2.26. The minimum Gasteiger partial charge on any atom is -0.380 e. The van der Waals surface area contributed by atoms with Gasteiger partial charge in [0.05, 0.1) is 6.10 Å². The van der Waals surface area contributed by atoms with E-state index < -0.39 is 0 Å². The first kappa shape index (κ1) is 25.7. The van der Waals surface area contributed by atoms with Gasteiger partial charge in [-0.25, -0.2) is 0 Å². The van der Waals surface area contributed by atoms with Crippen LogP contribution < -0.4 is 6.15 Å². The van der Waals surface area contributed by atoms with E-state index in [9.17, 15) is 0 Å². The van der Waals surface area contributed by atoms with E-state index in [0.717, 1.165) is 13.0 Å². The molecule has 0 spiro atoms. The first-order valence-corrected chi connectivity index (χ1v) is 6.79. The maximum Gasteiger partial charge on any atom is 0.0695 e. The maximum atomic E-state index is 5.17. The van der Waals surface area contributed by atoms with Crippen molar-refractivity contribution in [2.75, 3.05) is 27.7 Å². The summed E-state index contributed by atoms with van der Waals surface area (Å²) >= 11 is 0. The van der Waals surface area contributed by atoms with Crippen molar-refractivity contribution in [3.8, 4) is 0 Å². The molecule has 110 valence electrons. The molecule has 3 nitrogen and oxygen atoms in total. The van der Waals surface area contributed by atoms with Crippen molar-refractivity contribution in [1.29, 1.82) is 0 Å². The molecule has 0 aromatic carbocycles. The van der Waals surface area contributed by atoms with Crippen LogP contribution in [0.3, 0.4) is 0 Å². The van der Waals surface area contributed by atoms with Crippen molar-refractivity contribution in [1.82, 2.24) is 11.1 Å². The van der Waals surface area contributed by atoms with Gasteiger partial charge in [0.15, 0.2) is 0 Å². The van der Waals surface area contributed by atoms with E-state index >= 15 is 0 Å². The molecule has 0 saturated heterocycles. The van der Waals surface area contributed by atoms with Crippen LogP contribution in [0.4, 0.5) is 0 Å². The molecule has 0 rings (SSSR count). The molecule has 0 radical (unpaired) electrons. The highest BCUT2D eigenvalue weighted by atomic mass is 16.5. The van der Waals surface area contributed by atoms with E-state index in [-0.39, 0.29) is 6.15 Å². The molecular weight excluding hydrogens is 212 g/mol. The molecule has 0 saturated carbocycles. The Bertz CT molecular complexity index is 92.2. The summed E-state index contributed by atoms with van der Waals surface area (Å²) in [4.78, 5) is 2.14. The van der Waals surface area contributed by atoms with Crippen LogP contribution in [0.15, 0.2) is 0 Å². The molecule has 0 amide bonds. The third-order valence-corrected chi connectivity index (χ3v) is 2.06. The lowest BCUT2D eigenvalue weighted by molar-refractivity contribution is 0.0757. The maximum absolute atomic E-state index is 5.17. The van der Waals surface area contributed by atoms with Crippen LogP contribution in [0.2, 0.25) is 0 Å². The Morgan fingerprint density at radius 3 is 1.47 bits per heavy atom. The molecule has 0 aliphatic rings. The molecule has 17 heavy (non-hydrogen) atoms. The highest BCUT2D eigenvalue weighted by molar-refractivity contribution is 4.56. The van der Waals surface area contributed by atoms with Crippen LogP contribution in [-0.2, 0) is 4.74 Å². The minimum atomic E-state index is 0. The Labute approximate surface area is 111 Å². The van der Waals surface area contributed by atoms with Crippen molar-refractivity contribution in [2.45, 2.75) is 66.4 Å². The van der Waals surface area contributed by atoms with Crippen LogP contribution in [-0.4, -0.2) is 38.8 Å². The van der Waals surface area contributed by atoms with Crippen molar-refractivity contribution in [2.24, 2.45) is 0 Å². The Hall–Kier alpha value is -0.120. The summed E-state index contributed by atoms with van der Waals surface area (Å²) in [6.45, 7) is 11.6. The number of ether oxygens (including phenoxy) is 1. The predicted octanol–water partition coefficient (Wildman–Crippen LogP) is 4.36. The van der Waals surface area contributed by atoms with Crippen LogP contribution in [0.25, 0.3) is 0 Å². The summed E-state index contributed by atoms with van der Waals surface area (Å²) < 4.78 is 5.17. The smallest absolute Gasteiger partial charge is 0.0695 e. The first-order chi connectivity index (χ1) is 7.62. The van der Waals surface area contributed by atoms with Gasteiger partial charge in [-0.1, -0.05) is 53.9 Å². The fourth-order valence-electron chi connectivity index (χ4n) is 1.13. The zero-order chi connectivity index (χ0) is 13.4. The Morgan fingerprint density at radius 1 is 1.00 bits per heavy atom. The van der Waals surface area contributed by atoms with Crippen molar-refractivity contribution < 1.29 is 4.74 Å². The molecule has 0 aliphatic carbocycles. The van der Waals surface area contributed by atoms with E-state index in [1.165, 1.54) is 19.3 Å². The van der Waals surface area contributed by atoms with Crippen LogP contribution in [0, 0.1) is 0 Å². The molecule has 0 aromatic rings. The van der Waals surface area contributed by atoms with Gasteiger partial charge in [0.25, 0.3) is 0 Å². The largest absolute Gasteiger partial charge is 0.380 e. The quantitative estimate of drug-likeness (QED) is 0.762. The van der Waals surface area contributed by atoms with E-state index in [4.69, 9.17) is 4.74 Å². The van der Waals surface area contributed by atoms with Gasteiger partial charge in [-0.2, -0.15) is 0 Å². The second-order valence-corrected chi connectivity index (χ2v) is 3.88. The second kappa shape index (κ2) is 24.9. The van der Waals surface area contributed by atoms with Gasteiger partial charge in [-0.05, 0) is 20.5 Å². The van der Waals surface area contributed by atoms with Gasteiger partial charge in [0.1, 0.15) is 0 Å². The molecule has 0 fully saturated rings. The zero-order valence-electron chi connectivity index (χ0n) is 13.7. The normalized spacial score (nSPS) is 10.4. The van der Waals surface area contributed by atoms with E-state index in [2.05, 4.69) is 39.8 Å². The van der Waals surface area contributed by atoms with Gasteiger partial charge in [0.2, 0.25) is 0 Å². The average Bonchev–Trinajstić information content (AvgIpc) is 2.30. The molecule has 1 unspecified atom stereocenters. The number of rotatable bonds is 6. The molecule has 0 aromatic heterocycles. The van der Waals surface area contributed by atoms with Crippen molar-refractivity contribution in [3.63, 3.8) is 0 Å². The summed E-state index contributed by atoms with van der Waals surface area (Å²) in [5.74, 6) is 0. The number of likely N-dealkylation sites (N-methyl/N-ethyl adjacent to an activating group) is 1. The van der Waals surface area contributed by atoms with Gasteiger partial charge in [-0.15, -0.1) is 0 Å². The standard InChI is InChI=1S/C7H17NO.C5H12.C2H6.H3N/c1-5-7(9-4)6-8(2)3;1-3-5-4-2;1-2;/h7H,5-6H2,1-4H3;3-5H2,1-2H3;1-2H3;1H3. The average molecular weight is 250 g/mol. The van der Waals surface area contributed by atoms with E-state index in [0.29, 0.717) is 6.10 Å². The molecule has 0 heterocycles. The summed E-state index contributed by atoms with van der Waals surface area (Å²) in [7, 11) is 5.88. The van der Waals surface area contributed by atoms with Crippen LogP contribution in [0.1, 0.15) is 60.3 Å². The minimum absolute atomic E-state index is 0.